The molecule has 0 aliphatic carbocycles. The standard InChI is InChI=1S/C14H25N3OS.2ClH/c1-4-11-9-17-12(19-11)7-8-16-13(18)14(5-2,6-3)10-15;;/h9H,4-8,10,15H2,1-3H3,(H,16,18);2*1H. The minimum Gasteiger partial charge on any atom is -0.355 e. The van der Waals surface area contributed by atoms with Crippen LogP contribution in [0, 0.1) is 5.41 Å². The lowest BCUT2D eigenvalue weighted by Crippen LogP contribution is -2.45. The predicted molar refractivity (Wildman–Crippen MR) is 94.8 cm³/mol. The van der Waals surface area contributed by atoms with Crippen molar-refractivity contribution in [1.29, 1.82) is 0 Å². The molecule has 0 fully saturated rings. The first-order valence-corrected chi connectivity index (χ1v) is 7.85. The van der Waals surface area contributed by atoms with E-state index in [1.807, 2.05) is 20.0 Å². The van der Waals surface area contributed by atoms with Crippen LogP contribution in [0.5, 0.6) is 0 Å². The number of hydrogen-bond donors (Lipinski definition) is 2. The number of rotatable bonds is 8. The smallest absolute Gasteiger partial charge is 0.227 e. The molecular weight excluding hydrogens is 329 g/mol. The van der Waals surface area contributed by atoms with E-state index in [0.717, 1.165) is 30.7 Å². The zero-order valence-electron chi connectivity index (χ0n) is 13.0. The number of aryl methyl sites for hydroxylation is 1. The monoisotopic (exact) mass is 355 g/mol. The van der Waals surface area contributed by atoms with Gasteiger partial charge >= 0.3 is 0 Å². The van der Waals surface area contributed by atoms with Crippen LogP contribution in [-0.4, -0.2) is 24.0 Å². The van der Waals surface area contributed by atoms with Crippen LogP contribution in [0.1, 0.15) is 43.5 Å². The average molecular weight is 356 g/mol. The highest BCUT2D eigenvalue weighted by atomic mass is 35.5. The second-order valence-electron chi connectivity index (χ2n) is 4.77. The molecule has 0 unspecified atom stereocenters. The number of carbonyl (C=O) groups excluding carboxylic acids is 1. The Morgan fingerprint density at radius 3 is 2.38 bits per heavy atom. The van der Waals surface area contributed by atoms with Crippen molar-refractivity contribution in [2.75, 3.05) is 13.1 Å². The molecule has 1 aromatic heterocycles. The number of nitrogens with one attached hydrogen (secondary N) is 1. The fourth-order valence-corrected chi connectivity index (χ4v) is 2.91. The third-order valence-electron chi connectivity index (χ3n) is 3.80. The van der Waals surface area contributed by atoms with Crippen LogP contribution in [0.25, 0.3) is 0 Å². The zero-order valence-corrected chi connectivity index (χ0v) is 15.4. The normalized spacial score (nSPS) is 10.5. The fraction of sp³-hybridized carbons (Fsp3) is 0.714. The number of nitrogens with zero attached hydrogens (tertiary/aromatic N) is 1. The van der Waals surface area contributed by atoms with E-state index in [0.29, 0.717) is 13.1 Å². The van der Waals surface area contributed by atoms with Crippen molar-refractivity contribution in [3.8, 4) is 0 Å². The first-order valence-electron chi connectivity index (χ1n) is 7.03. The van der Waals surface area contributed by atoms with E-state index in [4.69, 9.17) is 5.73 Å². The summed E-state index contributed by atoms with van der Waals surface area (Å²) in [5, 5.41) is 4.09. The van der Waals surface area contributed by atoms with Gasteiger partial charge in [0.1, 0.15) is 0 Å². The summed E-state index contributed by atoms with van der Waals surface area (Å²) in [5.74, 6) is 0.0762. The molecule has 7 heteroatoms. The summed E-state index contributed by atoms with van der Waals surface area (Å²) < 4.78 is 0. The molecule has 0 aromatic carbocycles. The van der Waals surface area contributed by atoms with Gasteiger partial charge in [0.25, 0.3) is 0 Å². The molecule has 1 rings (SSSR count). The molecule has 0 saturated heterocycles. The molecule has 0 atom stereocenters. The van der Waals surface area contributed by atoms with Gasteiger partial charge in [0.2, 0.25) is 5.91 Å². The Morgan fingerprint density at radius 2 is 1.95 bits per heavy atom. The summed E-state index contributed by atoms with van der Waals surface area (Å²) in [6, 6.07) is 0. The molecule has 3 N–H and O–H groups in total. The van der Waals surface area contributed by atoms with Gasteiger partial charge in [0, 0.05) is 30.6 Å². The Balaban J connectivity index is 0. The van der Waals surface area contributed by atoms with Gasteiger partial charge in [-0.3, -0.25) is 4.79 Å². The van der Waals surface area contributed by atoms with Gasteiger partial charge in [0.15, 0.2) is 0 Å². The van der Waals surface area contributed by atoms with Crippen LogP contribution in [0.2, 0.25) is 0 Å². The molecule has 21 heavy (non-hydrogen) atoms. The number of halogens is 2. The second-order valence-corrected chi connectivity index (χ2v) is 5.97. The molecule has 0 saturated carbocycles. The lowest BCUT2D eigenvalue weighted by molar-refractivity contribution is -0.131. The first kappa shape index (κ1) is 22.9. The van der Waals surface area contributed by atoms with Crippen molar-refractivity contribution in [1.82, 2.24) is 10.3 Å². The van der Waals surface area contributed by atoms with Crippen molar-refractivity contribution in [3.05, 3.63) is 16.1 Å². The van der Waals surface area contributed by atoms with Gasteiger partial charge in [-0.1, -0.05) is 20.8 Å². The number of thiazole rings is 1. The minimum atomic E-state index is -0.405. The molecule has 0 spiro atoms. The highest BCUT2D eigenvalue weighted by Gasteiger charge is 2.32. The molecular formula is C14H27Cl2N3OS. The number of hydrogen-bond acceptors (Lipinski definition) is 4. The van der Waals surface area contributed by atoms with Gasteiger partial charge < -0.3 is 11.1 Å². The van der Waals surface area contributed by atoms with Gasteiger partial charge in [-0.15, -0.1) is 36.2 Å². The Morgan fingerprint density at radius 1 is 1.33 bits per heavy atom. The maximum atomic E-state index is 12.2. The molecule has 124 valence electrons. The molecule has 1 aromatic rings. The second kappa shape index (κ2) is 11.2. The van der Waals surface area contributed by atoms with E-state index in [2.05, 4.69) is 17.2 Å². The minimum absolute atomic E-state index is 0. The van der Waals surface area contributed by atoms with E-state index >= 15 is 0 Å². The first-order chi connectivity index (χ1) is 9.11. The molecule has 4 nitrogen and oxygen atoms in total. The Hall–Kier alpha value is -0.360. The summed E-state index contributed by atoms with van der Waals surface area (Å²) in [6.07, 6.45) is 5.30. The fourth-order valence-electron chi connectivity index (χ4n) is 2.05. The topological polar surface area (TPSA) is 68.0 Å². The Kier molecular flexibility index (Phi) is 12.3. The average Bonchev–Trinajstić information content (AvgIpc) is 2.89. The molecule has 1 amide bonds. The highest BCUT2D eigenvalue weighted by Crippen LogP contribution is 2.24. The van der Waals surface area contributed by atoms with Crippen molar-refractivity contribution in [3.63, 3.8) is 0 Å². The third kappa shape index (κ3) is 6.10. The van der Waals surface area contributed by atoms with Crippen LogP contribution >= 0.6 is 36.2 Å². The Labute approximate surface area is 144 Å². The van der Waals surface area contributed by atoms with Gasteiger partial charge in [0.05, 0.1) is 10.4 Å². The lowest BCUT2D eigenvalue weighted by Gasteiger charge is -2.28. The van der Waals surface area contributed by atoms with E-state index in [1.54, 1.807) is 11.3 Å². The van der Waals surface area contributed by atoms with E-state index in [1.165, 1.54) is 4.88 Å². The van der Waals surface area contributed by atoms with E-state index in [-0.39, 0.29) is 30.7 Å². The van der Waals surface area contributed by atoms with Crippen LogP contribution in [0.4, 0.5) is 0 Å². The summed E-state index contributed by atoms with van der Waals surface area (Å²) in [6.45, 7) is 7.20. The van der Waals surface area contributed by atoms with Crippen LogP contribution < -0.4 is 11.1 Å². The van der Waals surface area contributed by atoms with Crippen molar-refractivity contribution >= 4 is 42.1 Å². The predicted octanol–water partition coefficient (Wildman–Crippen LogP) is 2.97. The maximum Gasteiger partial charge on any atom is 0.227 e. The van der Waals surface area contributed by atoms with E-state index in [9.17, 15) is 4.79 Å². The van der Waals surface area contributed by atoms with Crippen LogP contribution in [0.15, 0.2) is 6.20 Å². The number of carbonyl (C=O) groups is 1. The largest absolute Gasteiger partial charge is 0.355 e. The van der Waals surface area contributed by atoms with Crippen LogP contribution in [-0.2, 0) is 17.6 Å². The maximum absolute atomic E-state index is 12.2. The summed E-state index contributed by atoms with van der Waals surface area (Å²) >= 11 is 1.72. The summed E-state index contributed by atoms with van der Waals surface area (Å²) in [7, 11) is 0. The number of nitrogens with two attached hydrogens (primary N) is 1. The summed E-state index contributed by atoms with van der Waals surface area (Å²) in [5.41, 5.74) is 5.36. The van der Waals surface area contributed by atoms with Gasteiger partial charge in [-0.05, 0) is 19.3 Å². The van der Waals surface area contributed by atoms with Gasteiger partial charge in [-0.25, -0.2) is 4.98 Å². The van der Waals surface area contributed by atoms with E-state index < -0.39 is 5.41 Å². The molecule has 0 bridgehead atoms. The zero-order chi connectivity index (χ0) is 14.3. The Bertz CT molecular complexity index is 400. The lowest BCUT2D eigenvalue weighted by atomic mass is 9.81. The summed E-state index contributed by atoms with van der Waals surface area (Å²) in [4.78, 5) is 17.8. The number of aromatic nitrogens is 1. The van der Waals surface area contributed by atoms with Crippen LogP contribution in [0.3, 0.4) is 0 Å². The van der Waals surface area contributed by atoms with Crippen molar-refractivity contribution < 1.29 is 4.79 Å². The molecule has 1 heterocycles. The molecule has 0 aliphatic rings. The van der Waals surface area contributed by atoms with Crippen molar-refractivity contribution in [2.24, 2.45) is 11.1 Å². The highest BCUT2D eigenvalue weighted by molar-refractivity contribution is 7.11. The van der Waals surface area contributed by atoms with Crippen molar-refractivity contribution in [2.45, 2.75) is 46.5 Å². The molecule has 0 radical (unpaired) electrons. The number of amides is 1. The molecule has 0 aliphatic heterocycles. The SMILES string of the molecule is CCc1cnc(CCNC(=O)C(CC)(CC)CN)s1.Cl.Cl. The van der Waals surface area contributed by atoms with Gasteiger partial charge in [-0.2, -0.15) is 0 Å². The third-order valence-corrected chi connectivity index (χ3v) is 5.00. The quantitative estimate of drug-likeness (QED) is 0.752.